The Morgan fingerprint density at radius 2 is 2.47 bits per heavy atom. The first-order valence-corrected chi connectivity index (χ1v) is 7.13. The summed E-state index contributed by atoms with van der Waals surface area (Å²) < 4.78 is 1.18. The lowest BCUT2D eigenvalue weighted by Gasteiger charge is -2.04. The number of thiophene rings is 1. The Bertz CT molecular complexity index is 452. The zero-order valence-electron chi connectivity index (χ0n) is 9.74. The molecule has 1 aliphatic rings. The van der Waals surface area contributed by atoms with Crippen LogP contribution >= 0.6 is 27.3 Å². The molecule has 2 rings (SSSR count). The number of guanidine groups is 1. The summed E-state index contributed by atoms with van der Waals surface area (Å²) in [6.07, 6.45) is 1.14. The zero-order chi connectivity index (χ0) is 12.4. The molecule has 0 aliphatic heterocycles. The van der Waals surface area contributed by atoms with Gasteiger partial charge in [-0.25, -0.2) is 4.99 Å². The lowest BCUT2D eigenvalue weighted by Crippen LogP contribution is -2.34. The Balaban J connectivity index is 1.83. The molecule has 0 saturated heterocycles. The van der Waals surface area contributed by atoms with E-state index in [0.717, 1.165) is 12.0 Å². The van der Waals surface area contributed by atoms with Gasteiger partial charge in [0, 0.05) is 16.8 Å². The average Bonchev–Trinajstić information content (AvgIpc) is 2.88. The monoisotopic (exact) mass is 313 g/mol. The van der Waals surface area contributed by atoms with Crippen LogP contribution in [0.3, 0.4) is 0 Å². The van der Waals surface area contributed by atoms with E-state index >= 15 is 0 Å². The first-order chi connectivity index (χ1) is 8.06. The highest BCUT2D eigenvalue weighted by molar-refractivity contribution is 9.11. The van der Waals surface area contributed by atoms with E-state index in [-0.39, 0.29) is 0 Å². The van der Waals surface area contributed by atoms with Crippen molar-refractivity contribution in [2.45, 2.75) is 25.3 Å². The molecule has 1 aromatic heterocycles. The van der Waals surface area contributed by atoms with Gasteiger partial charge in [0.25, 0.3) is 0 Å². The van der Waals surface area contributed by atoms with Gasteiger partial charge in [-0.2, -0.15) is 0 Å². The minimum absolute atomic E-state index is 0.439. The Hall–Kier alpha value is -0.810. The molecule has 0 aromatic carbocycles. The van der Waals surface area contributed by atoms with E-state index < -0.39 is 0 Å². The maximum absolute atomic E-state index is 5.80. The van der Waals surface area contributed by atoms with Crippen LogP contribution in [0.2, 0.25) is 0 Å². The van der Waals surface area contributed by atoms with Crippen molar-refractivity contribution in [3.05, 3.63) is 32.9 Å². The molecule has 1 aliphatic carbocycles. The quantitative estimate of drug-likeness (QED) is 0.510. The van der Waals surface area contributed by atoms with E-state index in [1.54, 1.807) is 11.3 Å². The van der Waals surface area contributed by atoms with Crippen LogP contribution in [0.5, 0.6) is 0 Å². The average molecular weight is 314 g/mol. The largest absolute Gasteiger partial charge is 0.370 e. The second-order valence-electron chi connectivity index (χ2n) is 4.39. The van der Waals surface area contributed by atoms with E-state index in [9.17, 15) is 0 Å². The van der Waals surface area contributed by atoms with Crippen LogP contribution in [0.15, 0.2) is 33.1 Å². The molecule has 3 nitrogen and oxygen atoms in total. The summed E-state index contributed by atoms with van der Waals surface area (Å²) in [4.78, 5) is 5.62. The summed E-state index contributed by atoms with van der Waals surface area (Å²) in [6, 6.07) is 4.70. The van der Waals surface area contributed by atoms with Gasteiger partial charge in [-0.1, -0.05) is 12.2 Å². The molecule has 0 unspecified atom stereocenters. The van der Waals surface area contributed by atoms with Crippen molar-refractivity contribution >= 4 is 33.2 Å². The van der Waals surface area contributed by atoms with E-state index in [1.165, 1.54) is 8.66 Å². The number of nitrogens with one attached hydrogen (secondary N) is 1. The van der Waals surface area contributed by atoms with Gasteiger partial charge in [-0.05, 0) is 41.4 Å². The number of hydrogen-bond donors (Lipinski definition) is 2. The van der Waals surface area contributed by atoms with Crippen LogP contribution in [0.4, 0.5) is 0 Å². The number of rotatable bonds is 4. The van der Waals surface area contributed by atoms with Gasteiger partial charge in [-0.3, -0.25) is 0 Å². The smallest absolute Gasteiger partial charge is 0.189 e. The molecule has 0 spiro atoms. The molecule has 0 radical (unpaired) electrons. The van der Waals surface area contributed by atoms with E-state index in [1.807, 2.05) is 6.92 Å². The van der Waals surface area contributed by atoms with Crippen molar-refractivity contribution in [2.75, 3.05) is 6.54 Å². The second kappa shape index (κ2) is 5.23. The lowest BCUT2D eigenvalue weighted by atomic mass is 10.3. The van der Waals surface area contributed by atoms with Crippen molar-refractivity contribution in [1.29, 1.82) is 0 Å². The fraction of sp³-hybridized carbons (Fsp3) is 0.417. The van der Waals surface area contributed by atoms with Crippen molar-refractivity contribution in [3.8, 4) is 0 Å². The fourth-order valence-electron chi connectivity index (χ4n) is 1.65. The van der Waals surface area contributed by atoms with Crippen LogP contribution < -0.4 is 11.1 Å². The minimum Gasteiger partial charge on any atom is -0.370 e. The number of nitrogens with zero attached hydrogens (tertiary/aromatic N) is 1. The molecular formula is C12H16BrN3S. The maximum atomic E-state index is 5.80. The number of hydrogen-bond acceptors (Lipinski definition) is 2. The molecule has 5 heteroatoms. The van der Waals surface area contributed by atoms with Crippen LogP contribution in [-0.4, -0.2) is 18.5 Å². The van der Waals surface area contributed by atoms with Crippen LogP contribution in [0, 0.1) is 0 Å². The minimum atomic E-state index is 0.439. The summed E-state index contributed by atoms with van der Waals surface area (Å²) in [5, 5.41) is 3.25. The van der Waals surface area contributed by atoms with Gasteiger partial charge in [0.15, 0.2) is 5.96 Å². The SMILES string of the molecule is C=C(C)CN=C(N)N[C@@H]1C[C@H]1c1ccc(Br)s1. The van der Waals surface area contributed by atoms with E-state index in [0.29, 0.717) is 24.5 Å². The maximum Gasteiger partial charge on any atom is 0.189 e. The highest BCUT2D eigenvalue weighted by Crippen LogP contribution is 2.44. The Kier molecular flexibility index (Phi) is 3.89. The molecule has 1 saturated carbocycles. The molecule has 2 atom stereocenters. The van der Waals surface area contributed by atoms with Crippen LogP contribution in [0.25, 0.3) is 0 Å². The van der Waals surface area contributed by atoms with Crippen molar-refractivity contribution in [2.24, 2.45) is 10.7 Å². The van der Waals surface area contributed by atoms with Gasteiger partial charge in [0.1, 0.15) is 0 Å². The molecule has 92 valence electrons. The first-order valence-electron chi connectivity index (χ1n) is 5.52. The Labute approximate surface area is 114 Å². The Morgan fingerprint density at radius 1 is 1.71 bits per heavy atom. The number of aliphatic imine (C=N–C) groups is 1. The molecule has 17 heavy (non-hydrogen) atoms. The molecule has 1 heterocycles. The molecule has 0 bridgehead atoms. The van der Waals surface area contributed by atoms with E-state index in [2.05, 4.69) is 45.0 Å². The normalized spacial score (nSPS) is 23.5. The summed E-state index contributed by atoms with van der Waals surface area (Å²) in [6.45, 7) is 6.34. The third-order valence-corrected chi connectivity index (χ3v) is 4.36. The second-order valence-corrected chi connectivity index (χ2v) is 6.89. The molecule has 1 fully saturated rings. The van der Waals surface area contributed by atoms with Crippen molar-refractivity contribution in [3.63, 3.8) is 0 Å². The predicted molar refractivity (Wildman–Crippen MR) is 77.6 cm³/mol. The van der Waals surface area contributed by atoms with Gasteiger partial charge in [0.2, 0.25) is 0 Å². The molecule has 1 aromatic rings. The summed E-state index contributed by atoms with van der Waals surface area (Å²) >= 11 is 5.27. The fourth-order valence-corrected chi connectivity index (χ4v) is 3.25. The molecule has 3 N–H and O–H groups in total. The van der Waals surface area contributed by atoms with Crippen LogP contribution in [0.1, 0.15) is 24.1 Å². The predicted octanol–water partition coefficient (Wildman–Crippen LogP) is 2.85. The topological polar surface area (TPSA) is 50.4 Å². The highest BCUT2D eigenvalue weighted by Gasteiger charge is 2.39. The Morgan fingerprint density at radius 3 is 3.06 bits per heavy atom. The summed E-state index contributed by atoms with van der Waals surface area (Å²) in [5.41, 5.74) is 6.82. The van der Waals surface area contributed by atoms with Gasteiger partial charge < -0.3 is 11.1 Å². The molecule has 0 amide bonds. The zero-order valence-corrected chi connectivity index (χ0v) is 12.1. The van der Waals surface area contributed by atoms with Crippen LogP contribution in [-0.2, 0) is 0 Å². The van der Waals surface area contributed by atoms with E-state index in [4.69, 9.17) is 5.73 Å². The lowest BCUT2D eigenvalue weighted by molar-refractivity contribution is 0.858. The number of halogens is 1. The van der Waals surface area contributed by atoms with Gasteiger partial charge >= 0.3 is 0 Å². The van der Waals surface area contributed by atoms with Gasteiger partial charge in [-0.15, -0.1) is 11.3 Å². The van der Waals surface area contributed by atoms with Crippen molar-refractivity contribution < 1.29 is 0 Å². The third kappa shape index (κ3) is 3.57. The summed E-state index contributed by atoms with van der Waals surface area (Å²) in [7, 11) is 0. The standard InChI is InChI=1S/C12H16BrN3S/c1-7(2)6-15-12(14)16-9-5-8(9)10-3-4-11(13)17-10/h3-4,8-9H,1,5-6H2,2H3,(H3,14,15,16)/t8-,9-/m1/s1. The third-order valence-electron chi connectivity index (χ3n) is 2.60. The van der Waals surface area contributed by atoms with Crippen molar-refractivity contribution in [1.82, 2.24) is 5.32 Å². The highest BCUT2D eigenvalue weighted by atomic mass is 79.9. The first kappa shape index (κ1) is 12.6. The van der Waals surface area contributed by atoms with Gasteiger partial charge in [0.05, 0.1) is 10.3 Å². The molecular weight excluding hydrogens is 298 g/mol. The number of nitrogens with two attached hydrogens (primary N) is 1. The summed E-state index contributed by atoms with van der Waals surface area (Å²) in [5.74, 6) is 1.11.